The molecule has 1 unspecified atom stereocenters. The highest BCUT2D eigenvalue weighted by Crippen LogP contribution is 2.25. The van der Waals surface area contributed by atoms with Crippen LogP contribution in [0.25, 0.3) is 0 Å². The Kier molecular flexibility index (Phi) is 7.87. The van der Waals surface area contributed by atoms with Crippen molar-refractivity contribution in [2.24, 2.45) is 11.8 Å². The van der Waals surface area contributed by atoms with Crippen molar-refractivity contribution in [3.8, 4) is 0 Å². The molecule has 0 aromatic carbocycles. The molecular weight excluding hydrogens is 210 g/mol. The Bertz CT molecular complexity index is 176. The third-order valence-corrected chi connectivity index (χ3v) is 3.61. The van der Waals surface area contributed by atoms with Gasteiger partial charge in [-0.25, -0.2) is 0 Å². The van der Waals surface area contributed by atoms with E-state index in [9.17, 15) is 0 Å². The Balaban J connectivity index is 1.88. The Hall–Kier alpha value is -0.0800. The van der Waals surface area contributed by atoms with E-state index in [4.69, 9.17) is 4.74 Å². The van der Waals surface area contributed by atoms with Crippen molar-refractivity contribution in [1.29, 1.82) is 0 Å². The van der Waals surface area contributed by atoms with Crippen LogP contribution in [0.5, 0.6) is 0 Å². The van der Waals surface area contributed by atoms with E-state index in [1.165, 1.54) is 38.5 Å². The molecule has 1 N–H and O–H groups in total. The Morgan fingerprint density at radius 3 is 2.53 bits per heavy atom. The molecule has 0 saturated heterocycles. The molecule has 1 aliphatic carbocycles. The van der Waals surface area contributed by atoms with Gasteiger partial charge in [0, 0.05) is 6.61 Å². The molecular formula is C15H31NO. The van der Waals surface area contributed by atoms with Gasteiger partial charge in [0.25, 0.3) is 0 Å². The molecule has 0 amide bonds. The Morgan fingerprint density at radius 1 is 1.18 bits per heavy atom. The molecule has 0 aromatic rings. The summed E-state index contributed by atoms with van der Waals surface area (Å²) >= 11 is 0. The first-order chi connectivity index (χ1) is 8.18. The van der Waals surface area contributed by atoms with Gasteiger partial charge in [-0.3, -0.25) is 0 Å². The average Bonchev–Trinajstić information content (AvgIpc) is 2.78. The minimum atomic E-state index is 0.441. The molecule has 1 atom stereocenters. The maximum Gasteiger partial charge on any atom is 0.0547 e. The first-order valence-corrected chi connectivity index (χ1v) is 7.50. The maximum atomic E-state index is 5.93. The van der Waals surface area contributed by atoms with Gasteiger partial charge < -0.3 is 10.1 Å². The molecule has 1 rings (SSSR count). The fourth-order valence-electron chi connectivity index (χ4n) is 2.47. The van der Waals surface area contributed by atoms with E-state index in [-0.39, 0.29) is 0 Å². The second kappa shape index (κ2) is 8.93. The standard InChI is InChI=1S/C15H31NO/c1-13(2)11-16-10-6-7-14(3)17-12-15-8-4-5-9-15/h13-16H,4-12H2,1-3H3. The smallest absolute Gasteiger partial charge is 0.0547 e. The molecule has 0 aliphatic heterocycles. The molecule has 2 nitrogen and oxygen atoms in total. The highest BCUT2D eigenvalue weighted by molar-refractivity contribution is 4.67. The summed E-state index contributed by atoms with van der Waals surface area (Å²) in [6.07, 6.45) is 8.49. The van der Waals surface area contributed by atoms with E-state index >= 15 is 0 Å². The van der Waals surface area contributed by atoms with Crippen LogP contribution in [0.2, 0.25) is 0 Å². The lowest BCUT2D eigenvalue weighted by Gasteiger charge is -2.16. The van der Waals surface area contributed by atoms with Gasteiger partial charge in [0.2, 0.25) is 0 Å². The van der Waals surface area contributed by atoms with Crippen LogP contribution >= 0.6 is 0 Å². The number of rotatable bonds is 9. The van der Waals surface area contributed by atoms with Crippen LogP contribution in [0, 0.1) is 11.8 Å². The number of hydrogen-bond donors (Lipinski definition) is 1. The second-order valence-electron chi connectivity index (χ2n) is 6.03. The predicted molar refractivity (Wildman–Crippen MR) is 74.3 cm³/mol. The van der Waals surface area contributed by atoms with Gasteiger partial charge in [-0.1, -0.05) is 26.7 Å². The van der Waals surface area contributed by atoms with Crippen LogP contribution in [0.3, 0.4) is 0 Å². The molecule has 1 saturated carbocycles. The SMILES string of the molecule is CC(C)CNCCCC(C)OCC1CCCC1. The highest BCUT2D eigenvalue weighted by atomic mass is 16.5. The number of nitrogens with one attached hydrogen (secondary N) is 1. The second-order valence-corrected chi connectivity index (χ2v) is 6.03. The van der Waals surface area contributed by atoms with Gasteiger partial charge in [0.15, 0.2) is 0 Å². The molecule has 1 fully saturated rings. The van der Waals surface area contributed by atoms with Gasteiger partial charge >= 0.3 is 0 Å². The molecule has 0 bridgehead atoms. The first kappa shape index (κ1) is 15.0. The summed E-state index contributed by atoms with van der Waals surface area (Å²) in [4.78, 5) is 0. The average molecular weight is 241 g/mol. The van der Waals surface area contributed by atoms with Gasteiger partial charge in [-0.05, 0) is 57.5 Å². The van der Waals surface area contributed by atoms with Crippen molar-refractivity contribution in [3.63, 3.8) is 0 Å². The first-order valence-electron chi connectivity index (χ1n) is 7.50. The van der Waals surface area contributed by atoms with Crippen LogP contribution in [0.4, 0.5) is 0 Å². The maximum absolute atomic E-state index is 5.93. The molecule has 17 heavy (non-hydrogen) atoms. The van der Waals surface area contributed by atoms with E-state index in [1.807, 2.05) is 0 Å². The normalized spacial score (nSPS) is 19.1. The molecule has 1 aliphatic rings. The van der Waals surface area contributed by atoms with Crippen molar-refractivity contribution in [2.75, 3.05) is 19.7 Å². The van der Waals surface area contributed by atoms with Crippen LogP contribution in [0.15, 0.2) is 0 Å². The Labute approximate surface area is 108 Å². The summed E-state index contributed by atoms with van der Waals surface area (Å²) in [6, 6.07) is 0. The molecule has 0 spiro atoms. The molecule has 102 valence electrons. The molecule has 2 heteroatoms. The summed E-state index contributed by atoms with van der Waals surface area (Å²) in [5.41, 5.74) is 0. The van der Waals surface area contributed by atoms with Gasteiger partial charge in [0.1, 0.15) is 0 Å². The largest absolute Gasteiger partial charge is 0.378 e. The topological polar surface area (TPSA) is 21.3 Å². The molecule has 0 radical (unpaired) electrons. The van der Waals surface area contributed by atoms with Crippen molar-refractivity contribution < 1.29 is 4.74 Å². The van der Waals surface area contributed by atoms with E-state index in [0.717, 1.165) is 31.5 Å². The van der Waals surface area contributed by atoms with Crippen molar-refractivity contribution in [1.82, 2.24) is 5.32 Å². The fraction of sp³-hybridized carbons (Fsp3) is 1.00. The van der Waals surface area contributed by atoms with Gasteiger partial charge in [-0.15, -0.1) is 0 Å². The number of ether oxygens (including phenoxy) is 1. The lowest BCUT2D eigenvalue weighted by Crippen LogP contribution is -2.22. The summed E-state index contributed by atoms with van der Waals surface area (Å²) in [5.74, 6) is 1.61. The van der Waals surface area contributed by atoms with E-state index in [0.29, 0.717) is 6.10 Å². The zero-order valence-electron chi connectivity index (χ0n) is 12.0. The van der Waals surface area contributed by atoms with Crippen LogP contribution in [-0.2, 0) is 4.74 Å². The molecule has 0 aromatic heterocycles. The Morgan fingerprint density at radius 2 is 1.88 bits per heavy atom. The van der Waals surface area contributed by atoms with Crippen LogP contribution in [0.1, 0.15) is 59.3 Å². The zero-order chi connectivity index (χ0) is 12.5. The minimum absolute atomic E-state index is 0.441. The summed E-state index contributed by atoms with van der Waals surface area (Å²) in [6.45, 7) is 9.99. The third kappa shape index (κ3) is 7.77. The fourth-order valence-corrected chi connectivity index (χ4v) is 2.47. The number of hydrogen-bond acceptors (Lipinski definition) is 2. The van der Waals surface area contributed by atoms with Crippen molar-refractivity contribution >= 4 is 0 Å². The molecule has 0 heterocycles. The quantitative estimate of drug-likeness (QED) is 0.623. The monoisotopic (exact) mass is 241 g/mol. The lowest BCUT2D eigenvalue weighted by molar-refractivity contribution is 0.0356. The van der Waals surface area contributed by atoms with Crippen molar-refractivity contribution in [2.45, 2.75) is 65.4 Å². The minimum Gasteiger partial charge on any atom is -0.378 e. The van der Waals surface area contributed by atoms with E-state index in [1.54, 1.807) is 0 Å². The van der Waals surface area contributed by atoms with E-state index < -0.39 is 0 Å². The van der Waals surface area contributed by atoms with Gasteiger partial charge in [0.05, 0.1) is 6.10 Å². The van der Waals surface area contributed by atoms with Crippen LogP contribution < -0.4 is 5.32 Å². The van der Waals surface area contributed by atoms with Gasteiger partial charge in [-0.2, -0.15) is 0 Å². The predicted octanol–water partition coefficient (Wildman–Crippen LogP) is 3.61. The third-order valence-electron chi connectivity index (χ3n) is 3.61. The summed E-state index contributed by atoms with van der Waals surface area (Å²) in [5, 5.41) is 3.48. The zero-order valence-corrected chi connectivity index (χ0v) is 12.0. The van der Waals surface area contributed by atoms with Crippen LogP contribution in [-0.4, -0.2) is 25.8 Å². The summed E-state index contributed by atoms with van der Waals surface area (Å²) < 4.78 is 5.93. The van der Waals surface area contributed by atoms with Crippen molar-refractivity contribution in [3.05, 3.63) is 0 Å². The highest BCUT2D eigenvalue weighted by Gasteiger charge is 2.15. The lowest BCUT2D eigenvalue weighted by atomic mass is 10.1. The summed E-state index contributed by atoms with van der Waals surface area (Å²) in [7, 11) is 0. The van der Waals surface area contributed by atoms with E-state index in [2.05, 4.69) is 26.1 Å².